The molecule has 0 saturated carbocycles. The number of rotatable bonds is 5. The van der Waals surface area contributed by atoms with Crippen LogP contribution >= 0.6 is 0 Å². The van der Waals surface area contributed by atoms with Gasteiger partial charge in [-0.25, -0.2) is 0 Å². The summed E-state index contributed by atoms with van der Waals surface area (Å²) >= 11 is 0. The molecule has 1 aromatic heterocycles. The largest absolute Gasteiger partial charge is 0.434 e. The highest BCUT2D eigenvalue weighted by atomic mass is 19.3. The molecule has 0 fully saturated rings. The van der Waals surface area contributed by atoms with Gasteiger partial charge in [0.15, 0.2) is 0 Å². The van der Waals surface area contributed by atoms with E-state index >= 15 is 0 Å². The smallest absolute Gasteiger partial charge is 0.387 e. The number of carbonyl (C=O) groups excluding carboxylic acids is 1. The normalized spacial score (nSPS) is 10.3. The summed E-state index contributed by atoms with van der Waals surface area (Å²) in [5.41, 5.74) is 0.933. The van der Waals surface area contributed by atoms with E-state index in [1.165, 1.54) is 18.2 Å². The number of para-hydroxylation sites is 1. The Morgan fingerprint density at radius 3 is 2.60 bits per heavy atom. The Kier molecular flexibility index (Phi) is 4.60. The lowest BCUT2D eigenvalue weighted by atomic mass is 10.2. The molecule has 2 rings (SSSR count). The minimum Gasteiger partial charge on any atom is -0.434 e. The second kappa shape index (κ2) is 6.60. The van der Waals surface area contributed by atoms with E-state index in [0.29, 0.717) is 0 Å². The molecule has 1 aromatic carbocycles. The number of hydrogen-bond donors (Lipinski definition) is 1. The summed E-state index contributed by atoms with van der Waals surface area (Å²) in [6.07, 6.45) is 3.21. The number of alkyl halides is 2. The SMILES string of the molecule is O=C(NCc1ccncc1)c1ccccc1OC(F)F. The fourth-order valence-electron chi connectivity index (χ4n) is 1.63. The molecule has 0 spiro atoms. The van der Waals surface area contributed by atoms with Gasteiger partial charge in [0.25, 0.3) is 5.91 Å². The Morgan fingerprint density at radius 1 is 1.20 bits per heavy atom. The molecule has 0 aliphatic heterocycles. The predicted octanol–water partition coefficient (Wildman–Crippen LogP) is 2.61. The Morgan fingerprint density at radius 2 is 1.90 bits per heavy atom. The van der Waals surface area contributed by atoms with E-state index in [-0.39, 0.29) is 17.9 Å². The van der Waals surface area contributed by atoms with Crippen molar-refractivity contribution in [3.8, 4) is 5.75 Å². The summed E-state index contributed by atoms with van der Waals surface area (Å²) in [6.45, 7) is -2.69. The van der Waals surface area contributed by atoms with Gasteiger partial charge < -0.3 is 10.1 Å². The summed E-state index contributed by atoms with van der Waals surface area (Å²) in [4.78, 5) is 15.8. The topological polar surface area (TPSA) is 51.2 Å². The van der Waals surface area contributed by atoms with Crippen LogP contribution in [0, 0.1) is 0 Å². The number of halogens is 2. The van der Waals surface area contributed by atoms with Crippen molar-refractivity contribution in [3.05, 3.63) is 59.9 Å². The van der Waals surface area contributed by atoms with E-state index in [1.54, 1.807) is 30.6 Å². The monoisotopic (exact) mass is 278 g/mol. The van der Waals surface area contributed by atoms with Gasteiger partial charge in [0.1, 0.15) is 5.75 Å². The van der Waals surface area contributed by atoms with Crippen molar-refractivity contribution in [1.29, 1.82) is 0 Å². The van der Waals surface area contributed by atoms with Gasteiger partial charge in [-0.3, -0.25) is 9.78 Å². The van der Waals surface area contributed by atoms with Crippen LogP contribution < -0.4 is 10.1 Å². The minimum atomic E-state index is -2.97. The van der Waals surface area contributed by atoms with Crippen LogP contribution in [0.15, 0.2) is 48.8 Å². The van der Waals surface area contributed by atoms with Crippen molar-refractivity contribution >= 4 is 5.91 Å². The van der Waals surface area contributed by atoms with Gasteiger partial charge in [-0.05, 0) is 29.8 Å². The highest BCUT2D eigenvalue weighted by Crippen LogP contribution is 2.20. The van der Waals surface area contributed by atoms with Crippen LogP contribution in [-0.2, 0) is 6.54 Å². The molecule has 6 heteroatoms. The van der Waals surface area contributed by atoms with Gasteiger partial charge in [-0.15, -0.1) is 0 Å². The number of ether oxygens (including phenoxy) is 1. The second-order valence-corrected chi connectivity index (χ2v) is 3.91. The summed E-state index contributed by atoms with van der Waals surface area (Å²) in [5.74, 6) is -0.618. The molecule has 1 amide bonds. The number of pyridine rings is 1. The zero-order valence-corrected chi connectivity index (χ0v) is 10.4. The molecule has 0 saturated heterocycles. The van der Waals surface area contributed by atoms with Crippen molar-refractivity contribution < 1.29 is 18.3 Å². The fraction of sp³-hybridized carbons (Fsp3) is 0.143. The van der Waals surface area contributed by atoms with Gasteiger partial charge >= 0.3 is 6.61 Å². The third-order valence-electron chi connectivity index (χ3n) is 2.55. The number of nitrogens with zero attached hydrogens (tertiary/aromatic N) is 1. The molecule has 20 heavy (non-hydrogen) atoms. The highest BCUT2D eigenvalue weighted by molar-refractivity contribution is 5.96. The quantitative estimate of drug-likeness (QED) is 0.914. The molecule has 0 aliphatic rings. The Balaban J connectivity index is 2.05. The van der Waals surface area contributed by atoms with Crippen molar-refractivity contribution in [2.75, 3.05) is 0 Å². The third-order valence-corrected chi connectivity index (χ3v) is 2.55. The van der Waals surface area contributed by atoms with E-state index in [1.807, 2.05) is 0 Å². The number of amides is 1. The van der Waals surface area contributed by atoms with Crippen LogP contribution in [-0.4, -0.2) is 17.5 Å². The molecule has 0 aliphatic carbocycles. The van der Waals surface area contributed by atoms with E-state index in [4.69, 9.17) is 0 Å². The Labute approximate surface area is 114 Å². The fourth-order valence-corrected chi connectivity index (χ4v) is 1.63. The van der Waals surface area contributed by atoms with Crippen LogP contribution in [0.25, 0.3) is 0 Å². The maximum Gasteiger partial charge on any atom is 0.387 e. The third kappa shape index (κ3) is 3.74. The van der Waals surface area contributed by atoms with Crippen molar-refractivity contribution in [3.63, 3.8) is 0 Å². The average molecular weight is 278 g/mol. The molecular weight excluding hydrogens is 266 g/mol. The lowest BCUT2D eigenvalue weighted by Crippen LogP contribution is -2.23. The molecule has 2 aromatic rings. The van der Waals surface area contributed by atoms with Crippen LogP contribution in [0.4, 0.5) is 8.78 Å². The van der Waals surface area contributed by atoms with Gasteiger partial charge in [-0.2, -0.15) is 8.78 Å². The summed E-state index contributed by atoms with van der Waals surface area (Å²) in [5, 5.41) is 2.64. The molecular formula is C14H12F2N2O2. The highest BCUT2D eigenvalue weighted by Gasteiger charge is 2.14. The summed E-state index contributed by atoms with van der Waals surface area (Å²) in [7, 11) is 0. The predicted molar refractivity (Wildman–Crippen MR) is 68.5 cm³/mol. The Bertz CT molecular complexity index is 576. The number of aromatic nitrogens is 1. The van der Waals surface area contributed by atoms with Crippen molar-refractivity contribution in [2.45, 2.75) is 13.2 Å². The van der Waals surface area contributed by atoms with Crippen LogP contribution in [0.2, 0.25) is 0 Å². The van der Waals surface area contributed by atoms with E-state index < -0.39 is 12.5 Å². The van der Waals surface area contributed by atoms with Gasteiger partial charge in [-0.1, -0.05) is 12.1 Å². The maximum absolute atomic E-state index is 12.3. The first-order valence-electron chi connectivity index (χ1n) is 5.88. The first-order valence-corrected chi connectivity index (χ1v) is 5.88. The van der Waals surface area contributed by atoms with E-state index in [0.717, 1.165) is 5.56 Å². The molecule has 0 bridgehead atoms. The number of nitrogens with one attached hydrogen (secondary N) is 1. The molecule has 1 heterocycles. The average Bonchev–Trinajstić information content (AvgIpc) is 2.46. The molecule has 0 unspecified atom stereocenters. The van der Waals surface area contributed by atoms with Crippen LogP contribution in [0.1, 0.15) is 15.9 Å². The lowest BCUT2D eigenvalue weighted by molar-refractivity contribution is -0.0501. The number of hydrogen-bond acceptors (Lipinski definition) is 3. The first-order chi connectivity index (χ1) is 9.66. The molecule has 0 radical (unpaired) electrons. The maximum atomic E-state index is 12.3. The first kappa shape index (κ1) is 13.9. The molecule has 1 N–H and O–H groups in total. The van der Waals surface area contributed by atoms with Gasteiger partial charge in [0, 0.05) is 18.9 Å². The van der Waals surface area contributed by atoms with Crippen molar-refractivity contribution in [2.24, 2.45) is 0 Å². The van der Waals surface area contributed by atoms with Crippen molar-refractivity contribution in [1.82, 2.24) is 10.3 Å². The number of carbonyl (C=O) groups is 1. The standard InChI is InChI=1S/C14H12F2N2O2/c15-14(16)20-12-4-2-1-3-11(12)13(19)18-9-10-5-7-17-8-6-10/h1-8,14H,9H2,(H,18,19). The second-order valence-electron chi connectivity index (χ2n) is 3.91. The zero-order chi connectivity index (χ0) is 14.4. The van der Waals surface area contributed by atoms with Gasteiger partial charge in [0.2, 0.25) is 0 Å². The van der Waals surface area contributed by atoms with Gasteiger partial charge in [0.05, 0.1) is 5.56 Å². The molecule has 0 atom stereocenters. The van der Waals surface area contributed by atoms with Crippen LogP contribution in [0.5, 0.6) is 5.75 Å². The zero-order valence-electron chi connectivity index (χ0n) is 10.4. The molecule has 4 nitrogen and oxygen atoms in total. The van der Waals surface area contributed by atoms with Crippen LogP contribution in [0.3, 0.4) is 0 Å². The molecule has 104 valence electrons. The Hall–Kier alpha value is -2.50. The summed E-state index contributed by atoms with van der Waals surface area (Å²) < 4.78 is 28.8. The van der Waals surface area contributed by atoms with E-state index in [9.17, 15) is 13.6 Å². The van der Waals surface area contributed by atoms with E-state index in [2.05, 4.69) is 15.0 Å². The summed E-state index contributed by atoms with van der Waals surface area (Å²) in [6, 6.07) is 9.37. The minimum absolute atomic E-state index is 0.0712. The number of benzene rings is 1. The lowest BCUT2D eigenvalue weighted by Gasteiger charge is -2.10.